The van der Waals surface area contributed by atoms with Crippen LogP contribution in [0.4, 0.5) is 0 Å². The van der Waals surface area contributed by atoms with E-state index in [0.717, 1.165) is 0 Å². The van der Waals surface area contributed by atoms with Crippen molar-refractivity contribution in [2.45, 2.75) is 0 Å². The maximum atomic E-state index is 12.0. The first kappa shape index (κ1) is 17.2. The Kier molecular flexibility index (Phi) is 5.24. The molecule has 0 fully saturated rings. The molecule has 6 heteroatoms. The number of allylic oxidation sites excluding steroid dienone is 1. The molecule has 6 nitrogen and oxygen atoms in total. The van der Waals surface area contributed by atoms with Crippen molar-refractivity contribution in [1.82, 2.24) is 0 Å². The Bertz CT molecular complexity index is 881. The molecule has 0 radical (unpaired) electrons. The number of hydrogen-bond donors (Lipinski definition) is 0. The summed E-state index contributed by atoms with van der Waals surface area (Å²) in [5.74, 6) is -2.02. The Morgan fingerprint density at radius 1 is 0.885 bits per heavy atom. The predicted octanol–water partition coefficient (Wildman–Crippen LogP) is 3.03. The maximum Gasteiger partial charge on any atom is 0.379 e. The second-order valence-electron chi connectivity index (χ2n) is 5.22. The van der Waals surface area contributed by atoms with E-state index in [1.165, 1.54) is 12.2 Å². The van der Waals surface area contributed by atoms with Gasteiger partial charge in [-0.25, -0.2) is 14.4 Å². The van der Waals surface area contributed by atoms with Crippen molar-refractivity contribution in [2.24, 2.45) is 0 Å². The lowest BCUT2D eigenvalue weighted by Crippen LogP contribution is -2.09. The van der Waals surface area contributed by atoms with Crippen molar-refractivity contribution in [3.8, 4) is 0 Å². The molecule has 2 aromatic rings. The van der Waals surface area contributed by atoms with Crippen LogP contribution >= 0.6 is 0 Å². The Balaban J connectivity index is 1.58. The summed E-state index contributed by atoms with van der Waals surface area (Å²) < 4.78 is 15.1. The topological polar surface area (TPSA) is 78.9 Å². The van der Waals surface area contributed by atoms with E-state index in [2.05, 4.69) is 0 Å². The third-order valence-electron chi connectivity index (χ3n) is 3.41. The minimum Gasteiger partial charge on any atom is -0.458 e. The summed E-state index contributed by atoms with van der Waals surface area (Å²) in [6, 6.07) is 16.8. The number of ether oxygens (including phenoxy) is 3. The molecule has 1 heterocycles. The zero-order valence-electron chi connectivity index (χ0n) is 13.6. The van der Waals surface area contributed by atoms with Crippen LogP contribution in [0.5, 0.6) is 0 Å². The number of carbonyl (C=O) groups is 3. The van der Waals surface area contributed by atoms with Crippen LogP contribution in [-0.2, 0) is 19.0 Å². The zero-order chi connectivity index (χ0) is 18.4. The molecular weight excluding hydrogens is 336 g/mol. The van der Waals surface area contributed by atoms with E-state index in [9.17, 15) is 14.4 Å². The molecule has 26 heavy (non-hydrogen) atoms. The third-order valence-corrected chi connectivity index (χ3v) is 3.41. The summed E-state index contributed by atoms with van der Waals surface area (Å²) in [5.41, 5.74) is 0.734. The predicted molar refractivity (Wildman–Crippen MR) is 90.8 cm³/mol. The summed E-state index contributed by atoms with van der Waals surface area (Å²) in [6.07, 6.45) is 2.68. The first-order chi connectivity index (χ1) is 12.6. The average Bonchev–Trinajstić information content (AvgIpc) is 3.02. The molecule has 0 N–H and O–H groups in total. The molecular formula is C20H14O6. The molecule has 0 saturated carbocycles. The second kappa shape index (κ2) is 7.94. The van der Waals surface area contributed by atoms with Crippen LogP contribution in [0.3, 0.4) is 0 Å². The van der Waals surface area contributed by atoms with Crippen LogP contribution < -0.4 is 0 Å². The highest BCUT2D eigenvalue weighted by molar-refractivity contribution is 5.97. The molecule has 0 spiro atoms. The minimum atomic E-state index is -0.782. The molecule has 0 atom stereocenters. The van der Waals surface area contributed by atoms with Crippen LogP contribution in [0.2, 0.25) is 0 Å². The average molecular weight is 350 g/mol. The minimum absolute atomic E-state index is 0.0905. The molecule has 3 rings (SSSR count). The van der Waals surface area contributed by atoms with Crippen molar-refractivity contribution >= 4 is 17.9 Å². The fourth-order valence-corrected chi connectivity index (χ4v) is 2.14. The van der Waals surface area contributed by atoms with Gasteiger partial charge >= 0.3 is 17.9 Å². The van der Waals surface area contributed by atoms with Crippen molar-refractivity contribution < 1.29 is 28.6 Å². The Morgan fingerprint density at radius 2 is 1.46 bits per heavy atom. The van der Waals surface area contributed by atoms with Gasteiger partial charge in [-0.05, 0) is 30.3 Å². The highest BCUT2D eigenvalue weighted by atomic mass is 16.6. The van der Waals surface area contributed by atoms with Crippen LogP contribution in [0.25, 0.3) is 0 Å². The lowest BCUT2D eigenvalue weighted by atomic mass is 10.2. The highest BCUT2D eigenvalue weighted by Gasteiger charge is 2.25. The van der Waals surface area contributed by atoms with Gasteiger partial charge in [0.05, 0.1) is 11.1 Å². The summed E-state index contributed by atoms with van der Waals surface area (Å²) in [7, 11) is 0. The Labute approximate surface area is 149 Å². The van der Waals surface area contributed by atoms with Gasteiger partial charge in [0.2, 0.25) is 5.76 Å². The molecule has 0 aliphatic carbocycles. The highest BCUT2D eigenvalue weighted by Crippen LogP contribution is 2.19. The van der Waals surface area contributed by atoms with Crippen LogP contribution in [0.1, 0.15) is 20.7 Å². The summed E-state index contributed by atoms with van der Waals surface area (Å²) in [5, 5.41) is 0. The van der Waals surface area contributed by atoms with Crippen molar-refractivity contribution in [1.29, 1.82) is 0 Å². The molecule has 0 amide bonds. The fourth-order valence-electron chi connectivity index (χ4n) is 2.14. The van der Waals surface area contributed by atoms with E-state index in [1.807, 2.05) is 0 Å². The first-order valence-electron chi connectivity index (χ1n) is 7.77. The van der Waals surface area contributed by atoms with Crippen LogP contribution in [0.15, 0.2) is 84.3 Å². The lowest BCUT2D eigenvalue weighted by molar-refractivity contribution is -0.135. The second-order valence-corrected chi connectivity index (χ2v) is 5.22. The van der Waals surface area contributed by atoms with Crippen molar-refractivity contribution in [3.05, 3.63) is 95.5 Å². The van der Waals surface area contributed by atoms with Crippen LogP contribution in [-0.4, -0.2) is 24.5 Å². The van der Waals surface area contributed by atoms with E-state index in [4.69, 9.17) is 14.2 Å². The van der Waals surface area contributed by atoms with Crippen molar-refractivity contribution in [3.63, 3.8) is 0 Å². The molecule has 1 aliphatic heterocycles. The van der Waals surface area contributed by atoms with Gasteiger partial charge in [0.15, 0.2) is 0 Å². The Hall–Kier alpha value is -3.67. The number of benzene rings is 2. The maximum absolute atomic E-state index is 12.0. The summed E-state index contributed by atoms with van der Waals surface area (Å²) in [6.45, 7) is -0.0905. The number of carbonyl (C=O) groups excluding carboxylic acids is 3. The standard InChI is InChI=1S/C20H14O6/c21-18(14-7-3-1-4-8-14)24-12-11-16-13-17(20(23)25-16)26-19(22)15-9-5-2-6-10-15/h1-11,13H,12H2. The molecule has 0 bridgehead atoms. The van der Waals surface area contributed by atoms with Gasteiger partial charge < -0.3 is 14.2 Å². The molecule has 2 aromatic carbocycles. The Morgan fingerprint density at radius 3 is 2.08 bits per heavy atom. The van der Waals surface area contributed by atoms with E-state index < -0.39 is 17.9 Å². The van der Waals surface area contributed by atoms with E-state index in [0.29, 0.717) is 11.1 Å². The smallest absolute Gasteiger partial charge is 0.379 e. The summed E-state index contributed by atoms with van der Waals surface area (Å²) >= 11 is 0. The fraction of sp³-hybridized carbons (Fsp3) is 0.0500. The lowest BCUT2D eigenvalue weighted by Gasteiger charge is -2.02. The monoisotopic (exact) mass is 350 g/mol. The van der Waals surface area contributed by atoms with E-state index in [-0.39, 0.29) is 18.1 Å². The third kappa shape index (κ3) is 4.24. The molecule has 0 aromatic heterocycles. The van der Waals surface area contributed by atoms with Gasteiger partial charge in [-0.15, -0.1) is 0 Å². The van der Waals surface area contributed by atoms with Gasteiger partial charge in [-0.1, -0.05) is 36.4 Å². The number of hydrogen-bond acceptors (Lipinski definition) is 6. The number of rotatable bonds is 5. The van der Waals surface area contributed by atoms with Gasteiger partial charge in [-0.2, -0.15) is 0 Å². The van der Waals surface area contributed by atoms with Gasteiger partial charge in [-0.3, -0.25) is 0 Å². The number of cyclic esters (lactones) is 1. The molecule has 130 valence electrons. The normalized spacial score (nSPS) is 14.5. The summed E-state index contributed by atoms with van der Waals surface area (Å²) in [4.78, 5) is 35.5. The molecule has 0 saturated heterocycles. The van der Waals surface area contributed by atoms with Crippen LogP contribution in [0, 0.1) is 0 Å². The SMILES string of the molecule is O=C1OC(=CCOC(=O)c2ccccc2)C=C1OC(=O)c1ccccc1. The van der Waals surface area contributed by atoms with Crippen molar-refractivity contribution in [2.75, 3.05) is 6.61 Å². The number of esters is 3. The molecule has 0 unspecified atom stereocenters. The quantitative estimate of drug-likeness (QED) is 0.609. The largest absolute Gasteiger partial charge is 0.458 e. The van der Waals surface area contributed by atoms with Gasteiger partial charge in [0, 0.05) is 6.08 Å². The van der Waals surface area contributed by atoms with Gasteiger partial charge in [0.25, 0.3) is 0 Å². The van der Waals surface area contributed by atoms with E-state index >= 15 is 0 Å². The van der Waals surface area contributed by atoms with Gasteiger partial charge in [0.1, 0.15) is 12.4 Å². The molecule has 1 aliphatic rings. The van der Waals surface area contributed by atoms with E-state index in [1.54, 1.807) is 60.7 Å². The zero-order valence-corrected chi connectivity index (χ0v) is 13.6. The first-order valence-corrected chi connectivity index (χ1v) is 7.77.